The molecule has 0 atom stereocenters. The molecule has 6 heteroatoms. The Bertz CT molecular complexity index is 595. The lowest BCUT2D eigenvalue weighted by Crippen LogP contribution is -3.11. The molecule has 1 amide bonds. The van der Waals surface area contributed by atoms with Gasteiger partial charge in [0.05, 0.1) is 34.4 Å². The fourth-order valence-corrected chi connectivity index (χ4v) is 4.17. The van der Waals surface area contributed by atoms with Crippen LogP contribution < -0.4 is 19.1 Å². The number of likely N-dealkylation sites (tertiary alicyclic amines) is 2. The molecular weight excluding hydrogens is 332 g/mol. The van der Waals surface area contributed by atoms with Gasteiger partial charge < -0.3 is 24.0 Å². The van der Waals surface area contributed by atoms with Crippen LogP contribution >= 0.6 is 0 Å². The summed E-state index contributed by atoms with van der Waals surface area (Å²) in [5.74, 6) is 2.62. The van der Waals surface area contributed by atoms with Crippen LogP contribution in [-0.4, -0.2) is 58.3 Å². The number of rotatable bonds is 6. The second-order valence-electron chi connectivity index (χ2n) is 7.27. The molecule has 2 aliphatic heterocycles. The van der Waals surface area contributed by atoms with E-state index in [0.29, 0.717) is 23.2 Å². The number of quaternary nitrogens is 1. The first-order chi connectivity index (χ1) is 12.7. The molecule has 6 nitrogen and oxygen atoms in total. The summed E-state index contributed by atoms with van der Waals surface area (Å²) in [6.45, 7) is 4.87. The maximum Gasteiger partial charge on any atom is 0.226 e. The number of piperidine rings is 1. The Balaban J connectivity index is 1.59. The van der Waals surface area contributed by atoms with E-state index >= 15 is 0 Å². The highest BCUT2D eigenvalue weighted by atomic mass is 16.5. The van der Waals surface area contributed by atoms with E-state index in [2.05, 4.69) is 4.90 Å². The second kappa shape index (κ2) is 8.62. The average Bonchev–Trinajstić information content (AvgIpc) is 3.22. The molecule has 26 heavy (non-hydrogen) atoms. The standard InChI is InChI=1S/C20H30N2O4/c1-24-17-12-15(13-18(25-2)19(17)26-3)14-21-10-6-16(7-11-21)20(23)22-8-4-5-9-22/h12-13,16H,4-11,14H2,1-3H3/p+1. The van der Waals surface area contributed by atoms with Crippen molar-refractivity contribution in [2.75, 3.05) is 47.5 Å². The lowest BCUT2D eigenvalue weighted by Gasteiger charge is -2.31. The van der Waals surface area contributed by atoms with Crippen molar-refractivity contribution in [2.45, 2.75) is 32.2 Å². The lowest BCUT2D eigenvalue weighted by molar-refractivity contribution is -0.919. The summed E-state index contributed by atoms with van der Waals surface area (Å²) in [4.78, 5) is 16.1. The maximum atomic E-state index is 12.6. The molecule has 0 spiro atoms. The van der Waals surface area contributed by atoms with Crippen molar-refractivity contribution in [3.63, 3.8) is 0 Å². The summed E-state index contributed by atoms with van der Waals surface area (Å²) in [5, 5.41) is 0. The largest absolute Gasteiger partial charge is 0.493 e. The van der Waals surface area contributed by atoms with Crippen molar-refractivity contribution in [2.24, 2.45) is 5.92 Å². The maximum absolute atomic E-state index is 12.6. The van der Waals surface area contributed by atoms with Gasteiger partial charge in [0.2, 0.25) is 11.7 Å². The zero-order chi connectivity index (χ0) is 18.5. The number of amides is 1. The Kier molecular flexibility index (Phi) is 6.25. The van der Waals surface area contributed by atoms with Gasteiger partial charge in [0.25, 0.3) is 0 Å². The minimum Gasteiger partial charge on any atom is -0.493 e. The van der Waals surface area contributed by atoms with Gasteiger partial charge in [-0.15, -0.1) is 0 Å². The fourth-order valence-electron chi connectivity index (χ4n) is 4.17. The molecule has 1 aromatic rings. The molecule has 0 bridgehead atoms. The first-order valence-corrected chi connectivity index (χ1v) is 9.57. The van der Waals surface area contributed by atoms with Gasteiger partial charge in [-0.3, -0.25) is 4.79 Å². The molecular formula is C20H31N2O4+. The number of hydrogen-bond donors (Lipinski definition) is 1. The van der Waals surface area contributed by atoms with E-state index in [1.165, 1.54) is 10.5 Å². The van der Waals surface area contributed by atoms with Crippen LogP contribution in [0.15, 0.2) is 12.1 Å². The highest BCUT2D eigenvalue weighted by molar-refractivity contribution is 5.79. The topological polar surface area (TPSA) is 52.4 Å². The Morgan fingerprint density at radius 2 is 1.62 bits per heavy atom. The molecule has 3 rings (SSSR count). The summed E-state index contributed by atoms with van der Waals surface area (Å²) in [6, 6.07) is 4.05. The summed E-state index contributed by atoms with van der Waals surface area (Å²) in [6.07, 6.45) is 4.29. The Morgan fingerprint density at radius 1 is 1.04 bits per heavy atom. The zero-order valence-corrected chi connectivity index (χ0v) is 16.2. The molecule has 2 saturated heterocycles. The molecule has 1 N–H and O–H groups in total. The van der Waals surface area contributed by atoms with Gasteiger partial charge in [0, 0.05) is 37.4 Å². The number of nitrogens with one attached hydrogen (secondary N) is 1. The number of nitrogens with zero attached hydrogens (tertiary/aromatic N) is 1. The zero-order valence-electron chi connectivity index (χ0n) is 16.2. The number of carbonyl (C=O) groups excluding carboxylic acids is 1. The molecule has 144 valence electrons. The number of methoxy groups -OCH3 is 3. The van der Waals surface area contributed by atoms with Crippen molar-refractivity contribution in [3.05, 3.63) is 17.7 Å². The van der Waals surface area contributed by atoms with E-state index < -0.39 is 0 Å². The minimum atomic E-state index is 0.219. The van der Waals surface area contributed by atoms with Gasteiger partial charge in [0.15, 0.2) is 11.5 Å². The van der Waals surface area contributed by atoms with Gasteiger partial charge in [-0.1, -0.05) is 0 Å². The quantitative estimate of drug-likeness (QED) is 0.823. The minimum absolute atomic E-state index is 0.219. The van der Waals surface area contributed by atoms with Crippen molar-refractivity contribution < 1.29 is 23.9 Å². The van der Waals surface area contributed by atoms with Gasteiger partial charge in [0.1, 0.15) is 6.54 Å². The first kappa shape index (κ1) is 18.8. The van der Waals surface area contributed by atoms with E-state index in [9.17, 15) is 4.79 Å². The third kappa shape index (κ3) is 4.06. The fraction of sp³-hybridized carbons (Fsp3) is 0.650. The highest BCUT2D eigenvalue weighted by Crippen LogP contribution is 2.38. The highest BCUT2D eigenvalue weighted by Gasteiger charge is 2.31. The first-order valence-electron chi connectivity index (χ1n) is 9.57. The number of benzene rings is 1. The van der Waals surface area contributed by atoms with Gasteiger partial charge in [-0.05, 0) is 25.0 Å². The predicted molar refractivity (Wildman–Crippen MR) is 99.0 cm³/mol. The predicted octanol–water partition coefficient (Wildman–Crippen LogP) is 1.13. The average molecular weight is 363 g/mol. The summed E-state index contributed by atoms with van der Waals surface area (Å²) in [5.41, 5.74) is 1.17. The van der Waals surface area contributed by atoms with E-state index in [4.69, 9.17) is 14.2 Å². The van der Waals surface area contributed by atoms with Gasteiger partial charge in [-0.25, -0.2) is 0 Å². The van der Waals surface area contributed by atoms with Crippen LogP contribution in [0.4, 0.5) is 0 Å². The van der Waals surface area contributed by atoms with Crippen LogP contribution in [0.1, 0.15) is 31.2 Å². The van der Waals surface area contributed by atoms with E-state index in [1.54, 1.807) is 21.3 Å². The van der Waals surface area contributed by atoms with Gasteiger partial charge in [-0.2, -0.15) is 0 Å². The van der Waals surface area contributed by atoms with Gasteiger partial charge >= 0.3 is 0 Å². The number of carbonyl (C=O) groups is 1. The van der Waals surface area contributed by atoms with Crippen LogP contribution in [0, 0.1) is 5.92 Å². The molecule has 0 aromatic heterocycles. The number of ether oxygens (including phenoxy) is 3. The van der Waals surface area contributed by atoms with Crippen LogP contribution in [0.5, 0.6) is 17.2 Å². The van der Waals surface area contributed by atoms with Crippen LogP contribution in [0.3, 0.4) is 0 Å². The van der Waals surface area contributed by atoms with Crippen LogP contribution in [0.25, 0.3) is 0 Å². The van der Waals surface area contributed by atoms with E-state index in [-0.39, 0.29) is 5.92 Å². The second-order valence-corrected chi connectivity index (χ2v) is 7.27. The summed E-state index contributed by atoms with van der Waals surface area (Å²) in [7, 11) is 4.90. The van der Waals surface area contributed by atoms with E-state index in [0.717, 1.165) is 58.4 Å². The smallest absolute Gasteiger partial charge is 0.226 e. The molecule has 0 saturated carbocycles. The van der Waals surface area contributed by atoms with E-state index in [1.807, 2.05) is 12.1 Å². The molecule has 1 aromatic carbocycles. The van der Waals surface area contributed by atoms with Crippen molar-refractivity contribution in [3.8, 4) is 17.2 Å². The van der Waals surface area contributed by atoms with Crippen molar-refractivity contribution >= 4 is 5.91 Å². The Morgan fingerprint density at radius 3 is 2.12 bits per heavy atom. The summed E-state index contributed by atoms with van der Waals surface area (Å²) >= 11 is 0. The van der Waals surface area contributed by atoms with Crippen molar-refractivity contribution in [1.29, 1.82) is 0 Å². The normalized spacial score (nSPS) is 23.0. The van der Waals surface area contributed by atoms with Crippen molar-refractivity contribution in [1.82, 2.24) is 4.90 Å². The van der Waals surface area contributed by atoms with Crippen LogP contribution in [0.2, 0.25) is 0 Å². The monoisotopic (exact) mass is 363 g/mol. The Labute approximate surface area is 156 Å². The Hall–Kier alpha value is -1.95. The molecule has 2 aliphatic rings. The lowest BCUT2D eigenvalue weighted by atomic mass is 9.95. The third-order valence-corrected chi connectivity index (χ3v) is 5.64. The molecule has 2 heterocycles. The summed E-state index contributed by atoms with van der Waals surface area (Å²) < 4.78 is 16.3. The molecule has 0 aliphatic carbocycles. The van der Waals surface area contributed by atoms with Crippen LogP contribution in [-0.2, 0) is 11.3 Å². The third-order valence-electron chi connectivity index (χ3n) is 5.64. The molecule has 0 unspecified atom stereocenters. The SMILES string of the molecule is COc1cc(C[NH+]2CCC(C(=O)N3CCCC3)CC2)cc(OC)c1OC. The number of hydrogen-bond acceptors (Lipinski definition) is 4. The molecule has 2 fully saturated rings. The molecule has 0 radical (unpaired) electrons.